The molecule has 0 spiro atoms. The lowest BCUT2D eigenvalue weighted by Gasteiger charge is -1.96. The Morgan fingerprint density at radius 1 is 1.55 bits per heavy atom. The van der Waals surface area contributed by atoms with Gasteiger partial charge >= 0.3 is 0 Å². The quantitative estimate of drug-likeness (QED) is 0.532. The molecule has 0 saturated carbocycles. The Labute approximate surface area is 115 Å². The van der Waals surface area contributed by atoms with Crippen molar-refractivity contribution in [1.29, 1.82) is 0 Å². The SMILES string of the molecule is C=C/C(=C\N=C(C)OC)c1cn2cc(O)c(F)cc2n1. The predicted molar refractivity (Wildman–Crippen MR) is 75.1 cm³/mol. The topological polar surface area (TPSA) is 59.1 Å². The van der Waals surface area contributed by atoms with E-state index in [0.717, 1.165) is 6.07 Å². The fourth-order valence-corrected chi connectivity index (χ4v) is 1.57. The largest absolute Gasteiger partial charge is 0.504 e. The number of ether oxygens (including phenoxy) is 1. The average molecular weight is 275 g/mol. The van der Waals surface area contributed by atoms with Crippen molar-refractivity contribution in [3.05, 3.63) is 48.8 Å². The minimum atomic E-state index is -0.716. The van der Waals surface area contributed by atoms with Crippen LogP contribution < -0.4 is 0 Å². The van der Waals surface area contributed by atoms with E-state index >= 15 is 0 Å². The molecule has 0 radical (unpaired) electrons. The molecule has 0 aromatic carbocycles. The van der Waals surface area contributed by atoms with Crippen molar-refractivity contribution in [3.63, 3.8) is 0 Å². The van der Waals surface area contributed by atoms with Gasteiger partial charge in [0.2, 0.25) is 0 Å². The number of halogens is 1. The molecule has 2 aromatic heterocycles. The number of hydrogen-bond acceptors (Lipinski definition) is 4. The van der Waals surface area contributed by atoms with Crippen molar-refractivity contribution < 1.29 is 14.2 Å². The molecular formula is C14H14FN3O2. The van der Waals surface area contributed by atoms with Gasteiger partial charge in [-0.15, -0.1) is 0 Å². The summed E-state index contributed by atoms with van der Waals surface area (Å²) in [6.07, 6.45) is 6.06. The molecule has 0 aliphatic rings. The van der Waals surface area contributed by atoms with E-state index in [0.29, 0.717) is 22.8 Å². The Morgan fingerprint density at radius 3 is 2.95 bits per heavy atom. The van der Waals surface area contributed by atoms with Gasteiger partial charge in [0.1, 0.15) is 5.65 Å². The molecule has 0 bridgehead atoms. The third-order valence-electron chi connectivity index (χ3n) is 2.72. The van der Waals surface area contributed by atoms with Crippen molar-refractivity contribution in [2.45, 2.75) is 6.92 Å². The van der Waals surface area contributed by atoms with Crippen LogP contribution in [0.2, 0.25) is 0 Å². The lowest BCUT2D eigenvalue weighted by molar-refractivity contribution is 0.400. The van der Waals surface area contributed by atoms with E-state index in [9.17, 15) is 9.50 Å². The van der Waals surface area contributed by atoms with Gasteiger partial charge in [0.05, 0.1) is 19.0 Å². The van der Waals surface area contributed by atoms with E-state index < -0.39 is 11.6 Å². The van der Waals surface area contributed by atoms with Crippen LogP contribution in [0.4, 0.5) is 4.39 Å². The number of aliphatic imine (C=N–C) groups is 1. The number of fused-ring (bicyclic) bond motifs is 1. The number of methoxy groups -OCH3 is 1. The molecule has 20 heavy (non-hydrogen) atoms. The molecule has 2 heterocycles. The highest BCUT2D eigenvalue weighted by atomic mass is 19.1. The van der Waals surface area contributed by atoms with Crippen LogP contribution in [0.1, 0.15) is 12.6 Å². The molecule has 0 fully saturated rings. The molecule has 2 rings (SSSR count). The Hall–Kier alpha value is -2.63. The van der Waals surface area contributed by atoms with Gasteiger partial charge in [0, 0.05) is 31.0 Å². The zero-order valence-electron chi connectivity index (χ0n) is 11.2. The average Bonchev–Trinajstić information content (AvgIpc) is 2.82. The van der Waals surface area contributed by atoms with E-state index in [1.165, 1.54) is 17.7 Å². The second kappa shape index (κ2) is 5.56. The number of allylic oxidation sites excluding steroid dienone is 2. The number of pyridine rings is 1. The summed E-state index contributed by atoms with van der Waals surface area (Å²) in [5, 5.41) is 9.33. The molecule has 5 nitrogen and oxygen atoms in total. The van der Waals surface area contributed by atoms with Crippen molar-refractivity contribution in [3.8, 4) is 5.75 Å². The summed E-state index contributed by atoms with van der Waals surface area (Å²) >= 11 is 0. The minimum Gasteiger partial charge on any atom is -0.504 e. The van der Waals surface area contributed by atoms with E-state index in [4.69, 9.17) is 4.74 Å². The number of aromatic hydroxyl groups is 1. The maximum Gasteiger partial charge on any atom is 0.184 e. The summed E-state index contributed by atoms with van der Waals surface area (Å²) in [7, 11) is 1.52. The van der Waals surface area contributed by atoms with Crippen LogP contribution in [0, 0.1) is 5.82 Å². The summed E-state index contributed by atoms with van der Waals surface area (Å²) < 4.78 is 19.7. The Balaban J connectivity index is 2.48. The van der Waals surface area contributed by atoms with Crippen molar-refractivity contribution >= 4 is 17.1 Å². The molecule has 0 unspecified atom stereocenters. The maximum absolute atomic E-state index is 13.3. The first-order valence-electron chi connectivity index (χ1n) is 5.83. The molecule has 0 saturated heterocycles. The summed E-state index contributed by atoms with van der Waals surface area (Å²) in [4.78, 5) is 8.34. The Morgan fingerprint density at radius 2 is 2.30 bits per heavy atom. The summed E-state index contributed by atoms with van der Waals surface area (Å²) in [6, 6.07) is 1.16. The van der Waals surface area contributed by atoms with Crippen LogP contribution in [0.3, 0.4) is 0 Å². The number of rotatable bonds is 3. The molecule has 0 aliphatic carbocycles. The van der Waals surface area contributed by atoms with Gasteiger partial charge in [-0.3, -0.25) is 0 Å². The van der Waals surface area contributed by atoms with Crippen LogP contribution in [0.25, 0.3) is 11.2 Å². The molecule has 2 aromatic rings. The highest BCUT2D eigenvalue weighted by Gasteiger charge is 2.08. The maximum atomic E-state index is 13.3. The first-order valence-corrected chi connectivity index (χ1v) is 5.83. The third-order valence-corrected chi connectivity index (χ3v) is 2.72. The van der Waals surface area contributed by atoms with Crippen LogP contribution in [0.15, 0.2) is 42.3 Å². The van der Waals surface area contributed by atoms with Crippen LogP contribution in [0.5, 0.6) is 5.75 Å². The Bertz CT molecular complexity index is 678. The molecule has 6 heteroatoms. The summed E-state index contributed by atoms with van der Waals surface area (Å²) in [5.74, 6) is -0.650. The smallest absolute Gasteiger partial charge is 0.184 e. The van der Waals surface area contributed by atoms with Crippen LogP contribution in [-0.2, 0) is 4.74 Å². The van der Waals surface area contributed by atoms with E-state index in [2.05, 4.69) is 16.6 Å². The normalized spacial score (nSPS) is 12.8. The number of imidazole rings is 1. The van der Waals surface area contributed by atoms with E-state index in [-0.39, 0.29) is 0 Å². The lowest BCUT2D eigenvalue weighted by Crippen LogP contribution is -1.91. The predicted octanol–water partition coefficient (Wildman–Crippen LogP) is 2.77. The zero-order valence-corrected chi connectivity index (χ0v) is 11.2. The van der Waals surface area contributed by atoms with Crippen molar-refractivity contribution in [2.24, 2.45) is 4.99 Å². The van der Waals surface area contributed by atoms with Gasteiger partial charge in [-0.1, -0.05) is 12.7 Å². The first kappa shape index (κ1) is 13.8. The molecule has 1 N–H and O–H groups in total. The van der Waals surface area contributed by atoms with Gasteiger partial charge in [0.25, 0.3) is 0 Å². The summed E-state index contributed by atoms with van der Waals surface area (Å²) in [6.45, 7) is 5.41. The Kier molecular flexibility index (Phi) is 3.84. The van der Waals surface area contributed by atoms with Gasteiger partial charge in [-0.05, 0) is 0 Å². The van der Waals surface area contributed by atoms with Gasteiger partial charge < -0.3 is 14.2 Å². The minimum absolute atomic E-state index is 0.385. The van der Waals surface area contributed by atoms with Gasteiger partial charge in [-0.25, -0.2) is 14.4 Å². The van der Waals surface area contributed by atoms with Crippen molar-refractivity contribution in [2.75, 3.05) is 7.11 Å². The van der Waals surface area contributed by atoms with Crippen LogP contribution >= 0.6 is 0 Å². The highest BCUT2D eigenvalue weighted by molar-refractivity contribution is 5.77. The molecule has 104 valence electrons. The van der Waals surface area contributed by atoms with Gasteiger partial charge in [-0.2, -0.15) is 0 Å². The van der Waals surface area contributed by atoms with Crippen LogP contribution in [-0.4, -0.2) is 27.5 Å². The molecular weight excluding hydrogens is 261 g/mol. The van der Waals surface area contributed by atoms with Gasteiger partial charge in [0.15, 0.2) is 17.5 Å². The molecule has 0 atom stereocenters. The second-order valence-electron chi connectivity index (χ2n) is 4.04. The molecule has 0 amide bonds. The van der Waals surface area contributed by atoms with E-state index in [1.807, 2.05) is 0 Å². The lowest BCUT2D eigenvalue weighted by atomic mass is 10.2. The second-order valence-corrected chi connectivity index (χ2v) is 4.04. The first-order chi connectivity index (χ1) is 9.55. The highest BCUT2D eigenvalue weighted by Crippen LogP contribution is 2.20. The molecule has 0 aliphatic heterocycles. The number of nitrogens with zero attached hydrogens (tertiary/aromatic N) is 3. The number of hydrogen-bond donors (Lipinski definition) is 1. The number of aromatic nitrogens is 2. The fourth-order valence-electron chi connectivity index (χ4n) is 1.57. The fraction of sp³-hybridized carbons (Fsp3) is 0.143. The summed E-state index contributed by atoms with van der Waals surface area (Å²) in [5.41, 5.74) is 1.61. The van der Waals surface area contributed by atoms with E-state index in [1.54, 1.807) is 25.4 Å². The zero-order chi connectivity index (χ0) is 14.7. The standard InChI is InChI=1S/C14H14FN3O2/c1-4-10(6-16-9(2)20-3)12-7-18-8-13(19)11(15)5-14(18)17-12/h4-8,19H,1H2,2-3H3/b10-6+,16-9?. The third kappa shape index (κ3) is 2.69. The van der Waals surface area contributed by atoms with Crippen molar-refractivity contribution in [1.82, 2.24) is 9.38 Å². The monoisotopic (exact) mass is 275 g/mol.